The summed E-state index contributed by atoms with van der Waals surface area (Å²) in [6.07, 6.45) is 1.11. The number of aromatic nitrogens is 2. The second-order valence-corrected chi connectivity index (χ2v) is 4.15. The van der Waals surface area contributed by atoms with Gasteiger partial charge < -0.3 is 5.32 Å². The zero-order valence-corrected chi connectivity index (χ0v) is 11.0. The van der Waals surface area contributed by atoms with E-state index in [2.05, 4.69) is 31.2 Å². The Balaban J connectivity index is 2.34. The minimum Gasteiger partial charge on any atom is -0.334 e. The smallest absolute Gasteiger partial charge is 0.329 e. The molecule has 0 unspecified atom stereocenters. The maximum atomic E-state index is 10.9. The minimum absolute atomic E-state index is 0.0802. The van der Waals surface area contributed by atoms with Gasteiger partial charge in [-0.2, -0.15) is 10.2 Å². The van der Waals surface area contributed by atoms with Crippen molar-refractivity contribution in [2.45, 2.75) is 0 Å². The number of nitrogens with zero attached hydrogens (tertiary/aromatic N) is 4. The number of nitriles is 1. The first kappa shape index (κ1) is 12.9. The largest absolute Gasteiger partial charge is 0.334 e. The maximum absolute atomic E-state index is 10.9. The lowest BCUT2D eigenvalue weighted by Crippen LogP contribution is -2.01. The van der Waals surface area contributed by atoms with Crippen molar-refractivity contribution < 1.29 is 4.92 Å². The first-order chi connectivity index (χ1) is 9.10. The highest BCUT2D eigenvalue weighted by Gasteiger charge is 2.16. The summed E-state index contributed by atoms with van der Waals surface area (Å²) in [7, 11) is 0. The van der Waals surface area contributed by atoms with Crippen LogP contribution in [0.15, 0.2) is 35.2 Å². The van der Waals surface area contributed by atoms with E-state index in [1.165, 1.54) is 0 Å². The number of hydrogen-bond acceptors (Lipinski definition) is 6. The van der Waals surface area contributed by atoms with E-state index in [0.717, 1.165) is 6.20 Å². The Morgan fingerprint density at radius 2 is 2.05 bits per heavy atom. The quantitative estimate of drug-likeness (QED) is 0.529. The van der Waals surface area contributed by atoms with Crippen molar-refractivity contribution in [1.29, 1.82) is 5.26 Å². The van der Waals surface area contributed by atoms with Crippen LogP contribution < -0.4 is 5.32 Å². The molecule has 0 atom stereocenters. The van der Waals surface area contributed by atoms with Crippen molar-refractivity contribution in [2.24, 2.45) is 0 Å². The number of nitrogens with one attached hydrogen (secondary N) is 1. The standard InChI is InChI=1S/C11H6BrN5O2/c12-11-14-6-9(17(18)19)10(16-11)15-8-3-1-7(5-13)2-4-8/h1-4,6H,(H,14,15,16). The lowest BCUT2D eigenvalue weighted by Gasteiger charge is -2.05. The average molecular weight is 320 g/mol. The first-order valence-corrected chi connectivity index (χ1v) is 5.83. The third-order valence-electron chi connectivity index (χ3n) is 2.21. The number of nitro groups is 1. The molecule has 2 rings (SSSR count). The second-order valence-electron chi connectivity index (χ2n) is 3.44. The molecular formula is C11H6BrN5O2. The van der Waals surface area contributed by atoms with Crippen molar-refractivity contribution in [3.05, 3.63) is 50.9 Å². The lowest BCUT2D eigenvalue weighted by atomic mass is 10.2. The molecule has 0 fully saturated rings. The molecule has 19 heavy (non-hydrogen) atoms. The van der Waals surface area contributed by atoms with Crippen LogP contribution in [0, 0.1) is 21.4 Å². The van der Waals surface area contributed by atoms with Gasteiger partial charge in [0.1, 0.15) is 6.20 Å². The zero-order chi connectivity index (χ0) is 13.8. The lowest BCUT2D eigenvalue weighted by molar-refractivity contribution is -0.384. The Morgan fingerprint density at radius 1 is 1.37 bits per heavy atom. The molecule has 1 heterocycles. The second kappa shape index (κ2) is 5.41. The predicted octanol–water partition coefficient (Wildman–Crippen LogP) is 2.76. The van der Waals surface area contributed by atoms with Gasteiger partial charge in [-0.3, -0.25) is 10.1 Å². The van der Waals surface area contributed by atoms with Gasteiger partial charge in [0.05, 0.1) is 16.6 Å². The molecule has 94 valence electrons. The maximum Gasteiger partial charge on any atom is 0.329 e. The van der Waals surface area contributed by atoms with Gasteiger partial charge in [-0.05, 0) is 40.2 Å². The Hall–Kier alpha value is -2.53. The van der Waals surface area contributed by atoms with E-state index in [-0.39, 0.29) is 16.2 Å². The van der Waals surface area contributed by atoms with E-state index in [0.29, 0.717) is 11.3 Å². The third kappa shape index (κ3) is 3.02. The molecule has 2 aromatic rings. The molecule has 0 aliphatic heterocycles. The fourth-order valence-corrected chi connectivity index (χ4v) is 1.62. The van der Waals surface area contributed by atoms with Gasteiger partial charge in [0.15, 0.2) is 4.73 Å². The first-order valence-electron chi connectivity index (χ1n) is 5.04. The summed E-state index contributed by atoms with van der Waals surface area (Å²) in [5, 5.41) is 22.3. The Morgan fingerprint density at radius 3 is 2.63 bits per heavy atom. The van der Waals surface area contributed by atoms with E-state index in [1.54, 1.807) is 24.3 Å². The summed E-state index contributed by atoms with van der Waals surface area (Å²) in [4.78, 5) is 17.9. The average Bonchev–Trinajstić information content (AvgIpc) is 2.39. The molecule has 1 aromatic carbocycles. The molecule has 0 bridgehead atoms. The number of rotatable bonds is 3. The van der Waals surface area contributed by atoms with Gasteiger partial charge in [-0.15, -0.1) is 0 Å². The van der Waals surface area contributed by atoms with Gasteiger partial charge in [-0.25, -0.2) is 4.98 Å². The molecule has 7 nitrogen and oxygen atoms in total. The van der Waals surface area contributed by atoms with Crippen LogP contribution >= 0.6 is 15.9 Å². The summed E-state index contributed by atoms with van der Waals surface area (Å²) >= 11 is 3.05. The van der Waals surface area contributed by atoms with E-state index in [1.807, 2.05) is 6.07 Å². The summed E-state index contributed by atoms with van der Waals surface area (Å²) in [5.41, 5.74) is 0.865. The summed E-state index contributed by atoms with van der Waals surface area (Å²) in [6.45, 7) is 0. The minimum atomic E-state index is -0.571. The van der Waals surface area contributed by atoms with E-state index in [9.17, 15) is 10.1 Å². The number of anilines is 2. The van der Waals surface area contributed by atoms with Gasteiger partial charge in [0.2, 0.25) is 5.82 Å². The molecule has 0 spiro atoms. The van der Waals surface area contributed by atoms with Crippen LogP contribution in [-0.4, -0.2) is 14.9 Å². The monoisotopic (exact) mass is 319 g/mol. The third-order valence-corrected chi connectivity index (χ3v) is 2.60. The molecule has 0 amide bonds. The van der Waals surface area contributed by atoms with Crippen LogP contribution in [0.2, 0.25) is 0 Å². The molecule has 0 aliphatic carbocycles. The highest BCUT2D eigenvalue weighted by Crippen LogP contribution is 2.25. The molecule has 1 N–H and O–H groups in total. The van der Waals surface area contributed by atoms with Gasteiger partial charge in [-0.1, -0.05) is 0 Å². The van der Waals surface area contributed by atoms with E-state index >= 15 is 0 Å². The molecular weight excluding hydrogens is 314 g/mol. The molecule has 8 heteroatoms. The summed E-state index contributed by atoms with van der Waals surface area (Å²) < 4.78 is 0.245. The predicted molar refractivity (Wildman–Crippen MR) is 70.8 cm³/mol. The van der Waals surface area contributed by atoms with Crippen LogP contribution in [-0.2, 0) is 0 Å². The fraction of sp³-hybridized carbons (Fsp3) is 0. The highest BCUT2D eigenvalue weighted by atomic mass is 79.9. The van der Waals surface area contributed by atoms with Crippen molar-refractivity contribution >= 4 is 33.1 Å². The van der Waals surface area contributed by atoms with Crippen molar-refractivity contribution in [3.8, 4) is 6.07 Å². The Kier molecular flexibility index (Phi) is 3.68. The molecule has 1 aromatic heterocycles. The van der Waals surface area contributed by atoms with Gasteiger partial charge in [0, 0.05) is 5.69 Å². The Labute approximate surface area is 116 Å². The van der Waals surface area contributed by atoms with Crippen LogP contribution in [0.1, 0.15) is 5.56 Å². The molecule has 0 saturated heterocycles. The van der Waals surface area contributed by atoms with Crippen molar-refractivity contribution in [3.63, 3.8) is 0 Å². The number of hydrogen-bond donors (Lipinski definition) is 1. The SMILES string of the molecule is N#Cc1ccc(Nc2nc(Br)ncc2[N+](=O)[O-])cc1. The molecule has 0 radical (unpaired) electrons. The molecule has 0 saturated carbocycles. The number of benzene rings is 1. The fourth-order valence-electron chi connectivity index (χ4n) is 1.34. The topological polar surface area (TPSA) is 105 Å². The normalized spacial score (nSPS) is 9.68. The highest BCUT2D eigenvalue weighted by molar-refractivity contribution is 9.10. The van der Waals surface area contributed by atoms with E-state index in [4.69, 9.17) is 5.26 Å². The van der Waals surface area contributed by atoms with Crippen molar-refractivity contribution in [2.75, 3.05) is 5.32 Å². The van der Waals surface area contributed by atoms with Gasteiger partial charge in [0.25, 0.3) is 0 Å². The summed E-state index contributed by atoms with van der Waals surface area (Å²) in [5.74, 6) is 0.0802. The van der Waals surface area contributed by atoms with Crippen LogP contribution in [0.25, 0.3) is 0 Å². The van der Waals surface area contributed by atoms with E-state index < -0.39 is 4.92 Å². The zero-order valence-electron chi connectivity index (χ0n) is 9.37. The van der Waals surface area contributed by atoms with Crippen molar-refractivity contribution in [1.82, 2.24) is 9.97 Å². The Bertz CT molecular complexity index is 666. The number of halogens is 1. The molecule has 0 aliphatic rings. The van der Waals surface area contributed by atoms with Crippen LogP contribution in [0.5, 0.6) is 0 Å². The van der Waals surface area contributed by atoms with Crippen LogP contribution in [0.3, 0.4) is 0 Å². The van der Waals surface area contributed by atoms with Crippen LogP contribution in [0.4, 0.5) is 17.2 Å². The van der Waals surface area contributed by atoms with Gasteiger partial charge >= 0.3 is 5.69 Å². The summed E-state index contributed by atoms with van der Waals surface area (Å²) in [6, 6.07) is 8.47.